The first-order valence-corrected chi connectivity index (χ1v) is 13.3. The number of hydrogen-bond donors (Lipinski definition) is 3. The lowest BCUT2D eigenvalue weighted by Crippen LogP contribution is -2.31. The van der Waals surface area contributed by atoms with E-state index in [0.29, 0.717) is 30.6 Å². The van der Waals surface area contributed by atoms with Gasteiger partial charge < -0.3 is 34.4 Å². The Balaban J connectivity index is 1.31. The second kappa shape index (κ2) is 14.4. The van der Waals surface area contributed by atoms with Crippen molar-refractivity contribution in [3.05, 3.63) is 70.0 Å². The van der Waals surface area contributed by atoms with E-state index in [4.69, 9.17) is 24.1 Å². The zero-order chi connectivity index (χ0) is 30.1. The Hall–Kier alpha value is -3.78. The fraction of sp³-hybridized carbons (Fsp3) is 0.414. The third kappa shape index (κ3) is 8.16. The Labute approximate surface area is 238 Å². The summed E-state index contributed by atoms with van der Waals surface area (Å²) >= 11 is 0. The van der Waals surface area contributed by atoms with Gasteiger partial charge in [-0.2, -0.15) is 13.2 Å². The lowest BCUT2D eigenvalue weighted by atomic mass is 9.93. The average molecular weight is 593 g/mol. The number of fused-ring (bicyclic) bond motifs is 1. The molecule has 2 atom stereocenters. The molecule has 1 aromatic heterocycles. The predicted molar refractivity (Wildman–Crippen MR) is 145 cm³/mol. The van der Waals surface area contributed by atoms with Gasteiger partial charge in [0.2, 0.25) is 5.91 Å². The normalized spacial score (nSPS) is 17.0. The van der Waals surface area contributed by atoms with Crippen molar-refractivity contribution in [2.24, 2.45) is 0 Å². The number of halogens is 3. The van der Waals surface area contributed by atoms with E-state index < -0.39 is 35.2 Å². The van der Waals surface area contributed by atoms with Gasteiger partial charge in [-0.1, -0.05) is 30.3 Å². The first-order chi connectivity index (χ1) is 20.2. The molecule has 226 valence electrons. The van der Waals surface area contributed by atoms with Gasteiger partial charge in [-0.05, 0) is 35.6 Å². The molecular weight excluding hydrogens is 561 g/mol. The van der Waals surface area contributed by atoms with Crippen LogP contribution in [-0.2, 0) is 34.7 Å². The van der Waals surface area contributed by atoms with E-state index >= 15 is 0 Å². The summed E-state index contributed by atoms with van der Waals surface area (Å²) in [4.78, 5) is 40.1. The molecule has 1 amide bonds. The fourth-order valence-corrected chi connectivity index (χ4v) is 4.65. The Morgan fingerprint density at radius 3 is 2.40 bits per heavy atom. The van der Waals surface area contributed by atoms with E-state index in [0.717, 1.165) is 6.07 Å². The standard InChI is InChI=1S/C29H31F3N2O8/c30-29(31,32)24-4-2-1-3-21(24)25-14-19-6-5-18(13-22(19)28(38)34-25)23-15-20(33-27(23)37)16-42-26(36)17-41-12-11-40-10-9-39-8-7-35/h1-6,13-14,20,23,35H,7-12,15-17H2,(H,33,37)(H,34,38)/t20?,23-/m0/s1. The minimum absolute atomic E-state index is 0.0361. The molecule has 4 rings (SSSR count). The zero-order valence-corrected chi connectivity index (χ0v) is 22.6. The van der Waals surface area contributed by atoms with Gasteiger partial charge in [0, 0.05) is 16.6 Å². The van der Waals surface area contributed by atoms with Crippen LogP contribution in [0.25, 0.3) is 22.0 Å². The summed E-state index contributed by atoms with van der Waals surface area (Å²) in [5.74, 6) is -1.49. The number of pyridine rings is 1. The van der Waals surface area contributed by atoms with Gasteiger partial charge in [-0.3, -0.25) is 9.59 Å². The quantitative estimate of drug-likeness (QED) is 0.192. The largest absolute Gasteiger partial charge is 0.462 e. The van der Waals surface area contributed by atoms with Crippen molar-refractivity contribution in [2.75, 3.05) is 52.9 Å². The molecule has 0 bridgehead atoms. The van der Waals surface area contributed by atoms with Crippen LogP contribution in [0.2, 0.25) is 0 Å². The average Bonchev–Trinajstić information content (AvgIpc) is 3.34. The van der Waals surface area contributed by atoms with Crippen LogP contribution in [-0.4, -0.2) is 80.9 Å². The molecule has 2 aromatic carbocycles. The number of alkyl halides is 3. The summed E-state index contributed by atoms with van der Waals surface area (Å²) in [6.45, 7) is 0.951. The first kappa shape index (κ1) is 31.2. The monoisotopic (exact) mass is 592 g/mol. The molecule has 1 saturated heterocycles. The number of esters is 1. The number of carbonyl (C=O) groups is 2. The number of H-pyrrole nitrogens is 1. The van der Waals surface area contributed by atoms with Crippen molar-refractivity contribution >= 4 is 22.6 Å². The molecule has 3 N–H and O–H groups in total. The maximum absolute atomic E-state index is 13.5. The predicted octanol–water partition coefficient (Wildman–Crippen LogP) is 2.77. The lowest BCUT2D eigenvalue weighted by molar-refractivity contribution is -0.150. The van der Waals surface area contributed by atoms with E-state index in [1.807, 2.05) is 0 Å². The van der Waals surface area contributed by atoms with Crippen LogP contribution >= 0.6 is 0 Å². The van der Waals surface area contributed by atoms with Crippen LogP contribution in [0.5, 0.6) is 0 Å². The fourth-order valence-electron chi connectivity index (χ4n) is 4.65. The highest BCUT2D eigenvalue weighted by Crippen LogP contribution is 2.37. The highest BCUT2D eigenvalue weighted by Gasteiger charge is 2.35. The van der Waals surface area contributed by atoms with Crippen molar-refractivity contribution in [1.29, 1.82) is 0 Å². The molecule has 2 heterocycles. The Kier molecular flexibility index (Phi) is 10.7. The van der Waals surface area contributed by atoms with Crippen LogP contribution in [0.15, 0.2) is 53.3 Å². The summed E-state index contributed by atoms with van der Waals surface area (Å²) in [5.41, 5.74) is -0.976. The van der Waals surface area contributed by atoms with Gasteiger partial charge in [0.15, 0.2) is 0 Å². The number of benzene rings is 2. The lowest BCUT2D eigenvalue weighted by Gasteiger charge is -2.14. The maximum atomic E-state index is 13.5. The number of aliphatic hydroxyl groups excluding tert-OH is 1. The molecule has 42 heavy (non-hydrogen) atoms. The summed E-state index contributed by atoms with van der Waals surface area (Å²) < 4.78 is 61.2. The number of rotatable bonds is 14. The van der Waals surface area contributed by atoms with E-state index in [-0.39, 0.29) is 62.2 Å². The van der Waals surface area contributed by atoms with Crippen molar-refractivity contribution in [3.8, 4) is 11.3 Å². The van der Waals surface area contributed by atoms with Crippen LogP contribution in [0.3, 0.4) is 0 Å². The van der Waals surface area contributed by atoms with Gasteiger partial charge in [-0.25, -0.2) is 4.79 Å². The molecule has 0 radical (unpaired) electrons. The Morgan fingerprint density at radius 2 is 1.67 bits per heavy atom. The Bertz CT molecular complexity index is 1440. The summed E-state index contributed by atoms with van der Waals surface area (Å²) in [5, 5.41) is 12.0. The van der Waals surface area contributed by atoms with Gasteiger partial charge >= 0.3 is 12.1 Å². The topological polar surface area (TPSA) is 136 Å². The van der Waals surface area contributed by atoms with Crippen molar-refractivity contribution in [2.45, 2.75) is 24.6 Å². The molecule has 1 aliphatic rings. The third-order valence-electron chi connectivity index (χ3n) is 6.62. The highest BCUT2D eigenvalue weighted by molar-refractivity contribution is 5.90. The van der Waals surface area contributed by atoms with Gasteiger partial charge in [0.05, 0.1) is 57.2 Å². The number of nitrogens with one attached hydrogen (secondary N) is 2. The molecule has 1 aliphatic heterocycles. The van der Waals surface area contributed by atoms with Gasteiger partial charge in [0.1, 0.15) is 13.2 Å². The number of aromatic nitrogens is 1. The maximum Gasteiger partial charge on any atom is 0.417 e. The number of carbonyl (C=O) groups excluding carboxylic acids is 2. The van der Waals surface area contributed by atoms with Gasteiger partial charge in [0.25, 0.3) is 5.56 Å². The van der Waals surface area contributed by atoms with Crippen LogP contribution in [0, 0.1) is 0 Å². The summed E-state index contributed by atoms with van der Waals surface area (Å²) in [7, 11) is 0. The van der Waals surface area contributed by atoms with E-state index in [9.17, 15) is 27.6 Å². The van der Waals surface area contributed by atoms with E-state index in [1.54, 1.807) is 18.2 Å². The molecule has 10 nitrogen and oxygen atoms in total. The van der Waals surface area contributed by atoms with Crippen LogP contribution in [0.4, 0.5) is 13.2 Å². The van der Waals surface area contributed by atoms with Gasteiger partial charge in [-0.15, -0.1) is 0 Å². The minimum Gasteiger partial charge on any atom is -0.462 e. The SMILES string of the molecule is O=C(COCCOCCOCCO)OCC1C[C@@H](c2ccc3cc(-c4ccccc4C(F)(F)F)[nH]c(=O)c3c2)C(=O)N1. The number of hydrogen-bond acceptors (Lipinski definition) is 8. The first-order valence-electron chi connectivity index (χ1n) is 13.3. The molecule has 0 aliphatic carbocycles. The van der Waals surface area contributed by atoms with E-state index in [1.165, 1.54) is 24.3 Å². The highest BCUT2D eigenvalue weighted by atomic mass is 19.4. The van der Waals surface area contributed by atoms with Crippen molar-refractivity contribution < 1.29 is 46.8 Å². The second-order valence-corrected chi connectivity index (χ2v) is 9.58. The smallest absolute Gasteiger partial charge is 0.417 e. The number of ether oxygens (including phenoxy) is 4. The molecule has 1 fully saturated rings. The second-order valence-electron chi connectivity index (χ2n) is 9.58. The molecular formula is C29H31F3N2O8. The van der Waals surface area contributed by atoms with Crippen LogP contribution in [0.1, 0.15) is 23.5 Å². The number of aromatic amines is 1. The molecule has 1 unspecified atom stereocenters. The molecule has 0 spiro atoms. The summed E-state index contributed by atoms with van der Waals surface area (Å²) in [6, 6.07) is 10.9. The van der Waals surface area contributed by atoms with Crippen LogP contribution < -0.4 is 10.9 Å². The Morgan fingerprint density at radius 1 is 0.952 bits per heavy atom. The van der Waals surface area contributed by atoms with Crippen molar-refractivity contribution in [1.82, 2.24) is 10.3 Å². The molecule has 0 saturated carbocycles. The zero-order valence-electron chi connectivity index (χ0n) is 22.6. The molecule has 3 aromatic rings. The van der Waals surface area contributed by atoms with E-state index in [2.05, 4.69) is 10.3 Å². The minimum atomic E-state index is -4.59. The van der Waals surface area contributed by atoms with Crippen molar-refractivity contribution in [3.63, 3.8) is 0 Å². The number of amides is 1. The summed E-state index contributed by atoms with van der Waals surface area (Å²) in [6.07, 6.45) is -4.27. The number of aliphatic hydroxyl groups is 1. The third-order valence-corrected chi connectivity index (χ3v) is 6.62. The molecule has 13 heteroatoms.